The van der Waals surface area contributed by atoms with E-state index in [0.717, 1.165) is 44.9 Å². The van der Waals surface area contributed by atoms with E-state index >= 15 is 0 Å². The van der Waals surface area contributed by atoms with Crippen molar-refractivity contribution in [3.8, 4) is 0 Å². The van der Waals surface area contributed by atoms with Crippen molar-refractivity contribution in [2.45, 2.75) is 38.4 Å². The number of carbonyl (C=O) groups is 2. The van der Waals surface area contributed by atoms with Gasteiger partial charge in [0.25, 0.3) is 5.91 Å². The lowest BCUT2D eigenvalue weighted by molar-refractivity contribution is -0.151. The van der Waals surface area contributed by atoms with Gasteiger partial charge in [0, 0.05) is 22.8 Å². The van der Waals surface area contributed by atoms with Gasteiger partial charge in [-0.3, -0.25) is 9.59 Å². The number of anilines is 1. The molecule has 4 rings (SSSR count). The number of alkyl halides is 1. The lowest BCUT2D eigenvalue weighted by Crippen LogP contribution is -2.41. The third kappa shape index (κ3) is 5.39. The van der Waals surface area contributed by atoms with Crippen molar-refractivity contribution < 1.29 is 19.1 Å². The van der Waals surface area contributed by atoms with E-state index in [-0.39, 0.29) is 18.9 Å². The molecule has 0 saturated heterocycles. The molecule has 3 aromatic rings. The van der Waals surface area contributed by atoms with Crippen LogP contribution < -0.4 is 4.90 Å². The predicted octanol–water partition coefficient (Wildman–Crippen LogP) is 6.48. The minimum Gasteiger partial charge on any atom is -0.466 e. The van der Waals surface area contributed by atoms with Crippen molar-refractivity contribution in [1.82, 2.24) is 0 Å². The highest BCUT2D eigenvalue weighted by Crippen LogP contribution is 2.42. The summed E-state index contributed by atoms with van der Waals surface area (Å²) in [5.74, 6) is -0.679. The topological polar surface area (TPSA) is 55.8 Å². The zero-order valence-corrected chi connectivity index (χ0v) is 21.9. The van der Waals surface area contributed by atoms with Gasteiger partial charge in [-0.2, -0.15) is 0 Å². The van der Waals surface area contributed by atoms with Crippen molar-refractivity contribution in [2.24, 2.45) is 0 Å². The molecular weight excluding hydrogens is 565 g/mol. The number of hydrogen-bond donors (Lipinski definition) is 0. The zero-order chi connectivity index (χ0) is 24.1. The predicted molar refractivity (Wildman–Crippen MR) is 144 cm³/mol. The Morgan fingerprint density at radius 3 is 2.68 bits per heavy atom. The van der Waals surface area contributed by atoms with Gasteiger partial charge in [0.1, 0.15) is 12.2 Å². The second-order valence-corrected chi connectivity index (χ2v) is 9.69. The fraction of sp³-hybridized carbons (Fsp3) is 0.333. The summed E-state index contributed by atoms with van der Waals surface area (Å²) in [7, 11) is 0. The van der Waals surface area contributed by atoms with Gasteiger partial charge < -0.3 is 14.4 Å². The first-order valence-corrected chi connectivity index (χ1v) is 13.4. The number of benzene rings is 3. The molecule has 1 heterocycles. The van der Waals surface area contributed by atoms with Gasteiger partial charge in [-0.05, 0) is 58.7 Å². The molecule has 34 heavy (non-hydrogen) atoms. The Kier molecular flexibility index (Phi) is 8.45. The summed E-state index contributed by atoms with van der Waals surface area (Å²) in [5, 5.41) is 2.67. The summed E-state index contributed by atoms with van der Waals surface area (Å²) in [6.45, 7) is 2.55. The SMILES string of the molecule is CCOC(=O)C[C@H]1O[C@H](c2cccc3ccccc23)c2cc(Cl)ccc2N(CCCCI)C1=O. The van der Waals surface area contributed by atoms with E-state index < -0.39 is 18.2 Å². The van der Waals surface area contributed by atoms with Crippen molar-refractivity contribution >= 4 is 62.5 Å². The molecule has 1 amide bonds. The van der Waals surface area contributed by atoms with Crippen LogP contribution in [0.4, 0.5) is 5.69 Å². The molecule has 1 aliphatic heterocycles. The Bertz CT molecular complexity index is 1180. The molecule has 1 aliphatic rings. The van der Waals surface area contributed by atoms with Crippen LogP contribution in [0.2, 0.25) is 5.02 Å². The number of esters is 1. The van der Waals surface area contributed by atoms with Crippen molar-refractivity contribution in [1.29, 1.82) is 0 Å². The van der Waals surface area contributed by atoms with Gasteiger partial charge in [0.15, 0.2) is 0 Å². The highest BCUT2D eigenvalue weighted by molar-refractivity contribution is 14.1. The second-order valence-electron chi connectivity index (χ2n) is 8.17. The molecule has 7 heteroatoms. The third-order valence-electron chi connectivity index (χ3n) is 5.93. The molecular formula is C27H27ClINO4. The van der Waals surface area contributed by atoms with Crippen LogP contribution in [0.25, 0.3) is 10.8 Å². The summed E-state index contributed by atoms with van der Waals surface area (Å²) >= 11 is 8.78. The van der Waals surface area contributed by atoms with Crippen molar-refractivity contribution in [2.75, 3.05) is 22.5 Å². The Balaban J connectivity index is 1.86. The molecule has 0 aliphatic carbocycles. The normalized spacial score (nSPS) is 18.0. The number of rotatable bonds is 8. The van der Waals surface area contributed by atoms with Crippen LogP contribution in [0.3, 0.4) is 0 Å². The van der Waals surface area contributed by atoms with E-state index in [4.69, 9.17) is 21.1 Å². The summed E-state index contributed by atoms with van der Waals surface area (Å²) in [4.78, 5) is 27.9. The lowest BCUT2D eigenvalue weighted by Gasteiger charge is -2.25. The molecule has 0 fully saturated rings. The van der Waals surface area contributed by atoms with Gasteiger partial charge in [0.2, 0.25) is 0 Å². The summed E-state index contributed by atoms with van der Waals surface area (Å²) in [5.41, 5.74) is 2.52. The first kappa shape index (κ1) is 24.9. The standard InChI is InChI=1S/C27H27ClINO4/c1-2-33-25(31)17-24-27(32)30(15-6-5-14-29)23-13-12-19(28)16-22(23)26(34-24)21-11-7-9-18-8-3-4-10-20(18)21/h3-4,7-13,16,24,26H,2,5-6,14-15,17H2,1H3/t24-,26-/m1/s1. The summed E-state index contributed by atoms with van der Waals surface area (Å²) in [6.07, 6.45) is 0.162. The minimum atomic E-state index is -0.964. The van der Waals surface area contributed by atoms with E-state index in [1.165, 1.54) is 0 Å². The quantitative estimate of drug-likeness (QED) is 0.130. The molecule has 0 radical (unpaired) electrons. The van der Waals surface area contributed by atoms with E-state index in [1.807, 2.05) is 54.6 Å². The molecule has 0 spiro atoms. The largest absolute Gasteiger partial charge is 0.466 e. The molecule has 0 N–H and O–H groups in total. The Hall–Kier alpha value is -2.16. The Morgan fingerprint density at radius 1 is 1.09 bits per heavy atom. The fourth-order valence-corrected chi connectivity index (χ4v) is 5.11. The second kappa shape index (κ2) is 11.5. The minimum absolute atomic E-state index is 0.140. The first-order chi connectivity index (χ1) is 16.5. The number of unbranched alkanes of at least 4 members (excludes halogenated alkanes) is 1. The molecule has 2 atom stereocenters. The number of fused-ring (bicyclic) bond motifs is 2. The fourth-order valence-electron chi connectivity index (χ4n) is 4.39. The van der Waals surface area contributed by atoms with E-state index in [0.29, 0.717) is 11.6 Å². The number of ether oxygens (including phenoxy) is 2. The summed E-state index contributed by atoms with van der Waals surface area (Å²) < 4.78 is 12.7. The summed E-state index contributed by atoms with van der Waals surface area (Å²) in [6, 6.07) is 19.7. The molecule has 178 valence electrons. The van der Waals surface area contributed by atoms with Crippen LogP contribution in [-0.4, -0.2) is 35.6 Å². The molecule has 0 bridgehead atoms. The van der Waals surface area contributed by atoms with Gasteiger partial charge in [-0.25, -0.2) is 0 Å². The maximum Gasteiger partial charge on any atom is 0.308 e. The van der Waals surface area contributed by atoms with E-state index in [1.54, 1.807) is 17.9 Å². The molecule has 0 aromatic heterocycles. The highest BCUT2D eigenvalue weighted by Gasteiger charge is 2.38. The Morgan fingerprint density at radius 2 is 1.88 bits per heavy atom. The third-order valence-corrected chi connectivity index (χ3v) is 6.93. The molecule has 0 saturated carbocycles. The smallest absolute Gasteiger partial charge is 0.308 e. The van der Waals surface area contributed by atoms with Gasteiger partial charge in [-0.1, -0.05) is 76.7 Å². The van der Waals surface area contributed by atoms with Gasteiger partial charge in [-0.15, -0.1) is 0 Å². The van der Waals surface area contributed by atoms with Crippen LogP contribution in [0.15, 0.2) is 60.7 Å². The van der Waals surface area contributed by atoms with Crippen LogP contribution >= 0.6 is 34.2 Å². The van der Waals surface area contributed by atoms with Gasteiger partial charge in [0.05, 0.1) is 13.0 Å². The first-order valence-electron chi connectivity index (χ1n) is 11.5. The number of hydrogen-bond acceptors (Lipinski definition) is 4. The number of carbonyl (C=O) groups excluding carboxylic acids is 2. The molecule has 0 unspecified atom stereocenters. The maximum absolute atomic E-state index is 13.7. The Labute approximate surface area is 218 Å². The van der Waals surface area contributed by atoms with Crippen molar-refractivity contribution in [3.05, 3.63) is 76.8 Å². The lowest BCUT2D eigenvalue weighted by atomic mass is 9.94. The van der Waals surface area contributed by atoms with Crippen LogP contribution in [-0.2, 0) is 19.1 Å². The van der Waals surface area contributed by atoms with E-state index in [2.05, 4.69) is 22.6 Å². The number of nitrogens with zero attached hydrogens (tertiary/aromatic N) is 1. The average Bonchev–Trinajstić information content (AvgIpc) is 2.94. The monoisotopic (exact) mass is 591 g/mol. The van der Waals surface area contributed by atoms with Crippen molar-refractivity contribution in [3.63, 3.8) is 0 Å². The van der Waals surface area contributed by atoms with E-state index in [9.17, 15) is 9.59 Å². The van der Waals surface area contributed by atoms with Gasteiger partial charge >= 0.3 is 5.97 Å². The van der Waals surface area contributed by atoms with Crippen LogP contribution in [0.1, 0.15) is 43.4 Å². The highest BCUT2D eigenvalue weighted by atomic mass is 127. The molecule has 3 aromatic carbocycles. The molecule has 5 nitrogen and oxygen atoms in total. The number of halogens is 2. The maximum atomic E-state index is 13.7. The van der Waals surface area contributed by atoms with Crippen LogP contribution in [0, 0.1) is 0 Å². The average molecular weight is 592 g/mol. The van der Waals surface area contributed by atoms with Crippen LogP contribution in [0.5, 0.6) is 0 Å². The zero-order valence-electron chi connectivity index (χ0n) is 19.0. The number of amides is 1.